The highest BCUT2D eigenvalue weighted by molar-refractivity contribution is 14.0. The fourth-order valence-corrected chi connectivity index (χ4v) is 3.96. The molecule has 8 heteroatoms. The van der Waals surface area contributed by atoms with Gasteiger partial charge in [-0.05, 0) is 62.1 Å². The Hall–Kier alpha value is -2.36. The van der Waals surface area contributed by atoms with Crippen LogP contribution in [0.1, 0.15) is 43.9 Å². The highest BCUT2D eigenvalue weighted by Crippen LogP contribution is 2.38. The molecule has 0 aromatic heterocycles. The third kappa shape index (κ3) is 7.06. The van der Waals surface area contributed by atoms with Crippen LogP contribution in [0.4, 0.5) is 5.69 Å². The molecule has 0 aliphatic carbocycles. The Balaban J connectivity index is 0.00000385. The molecule has 1 fully saturated rings. The number of benzene rings is 2. The lowest BCUT2D eigenvalue weighted by Gasteiger charge is -2.22. The summed E-state index contributed by atoms with van der Waals surface area (Å²) in [5.41, 5.74) is 3.54. The molecule has 182 valence electrons. The Labute approximate surface area is 214 Å². The summed E-state index contributed by atoms with van der Waals surface area (Å²) in [6.45, 7) is 7.48. The van der Waals surface area contributed by atoms with Crippen molar-refractivity contribution in [2.75, 3.05) is 45.9 Å². The number of nitrogens with zero attached hydrogens (tertiary/aromatic N) is 2. The van der Waals surface area contributed by atoms with Crippen LogP contribution in [-0.4, -0.2) is 46.9 Å². The molecule has 1 atom stereocenters. The Bertz CT molecular complexity index is 891. The predicted molar refractivity (Wildman–Crippen MR) is 146 cm³/mol. The lowest BCUT2D eigenvalue weighted by atomic mass is 10.1. The van der Waals surface area contributed by atoms with Crippen molar-refractivity contribution in [3.63, 3.8) is 0 Å². The summed E-state index contributed by atoms with van der Waals surface area (Å²) in [4.78, 5) is 6.85. The number of ether oxygens (including phenoxy) is 3. The van der Waals surface area contributed by atoms with E-state index in [1.807, 2.05) is 19.1 Å². The first-order chi connectivity index (χ1) is 15.6. The van der Waals surface area contributed by atoms with Gasteiger partial charge in [0.2, 0.25) is 5.75 Å². The first-order valence-electron chi connectivity index (χ1n) is 11.3. The first kappa shape index (κ1) is 26.9. The number of aliphatic imine (C=N–C) groups is 1. The normalized spacial score (nSPS) is 14.3. The second-order valence-corrected chi connectivity index (χ2v) is 7.84. The molecule has 1 aliphatic rings. The van der Waals surface area contributed by atoms with Crippen molar-refractivity contribution in [3.8, 4) is 17.2 Å². The van der Waals surface area contributed by atoms with Gasteiger partial charge in [0.1, 0.15) is 0 Å². The third-order valence-electron chi connectivity index (χ3n) is 5.69. The van der Waals surface area contributed by atoms with Crippen molar-refractivity contribution in [3.05, 3.63) is 47.5 Å². The summed E-state index contributed by atoms with van der Waals surface area (Å²) in [6, 6.07) is 12.8. The molecule has 1 aliphatic heterocycles. The molecule has 0 radical (unpaired) electrons. The Morgan fingerprint density at radius 1 is 1.09 bits per heavy atom. The highest BCUT2D eigenvalue weighted by atomic mass is 127. The first-order valence-corrected chi connectivity index (χ1v) is 11.3. The molecule has 0 amide bonds. The lowest BCUT2D eigenvalue weighted by Crippen LogP contribution is -2.38. The van der Waals surface area contributed by atoms with E-state index in [0.717, 1.165) is 24.6 Å². The summed E-state index contributed by atoms with van der Waals surface area (Å²) >= 11 is 0. The van der Waals surface area contributed by atoms with Crippen LogP contribution in [0.25, 0.3) is 0 Å². The molecule has 33 heavy (non-hydrogen) atoms. The zero-order valence-corrected chi connectivity index (χ0v) is 22.6. The van der Waals surface area contributed by atoms with E-state index in [-0.39, 0.29) is 30.0 Å². The van der Waals surface area contributed by atoms with Crippen molar-refractivity contribution in [2.24, 2.45) is 4.99 Å². The lowest BCUT2D eigenvalue weighted by molar-refractivity contribution is 0.288. The molecule has 2 aromatic carbocycles. The minimum Gasteiger partial charge on any atom is -0.493 e. The quantitative estimate of drug-likeness (QED) is 0.259. The maximum atomic E-state index is 5.69. The van der Waals surface area contributed by atoms with Gasteiger partial charge in [-0.1, -0.05) is 12.1 Å². The van der Waals surface area contributed by atoms with Crippen LogP contribution in [0.15, 0.2) is 41.4 Å². The van der Waals surface area contributed by atoms with Gasteiger partial charge in [0.25, 0.3) is 0 Å². The molecular weight excluding hydrogens is 531 g/mol. The Morgan fingerprint density at radius 2 is 1.76 bits per heavy atom. The molecule has 7 nitrogen and oxygen atoms in total. The fraction of sp³-hybridized carbons (Fsp3) is 0.480. The molecule has 2 aromatic rings. The number of guanidine groups is 1. The Kier molecular flexibility index (Phi) is 10.9. The maximum absolute atomic E-state index is 5.69. The van der Waals surface area contributed by atoms with Gasteiger partial charge in [-0.3, -0.25) is 4.99 Å². The summed E-state index contributed by atoms with van der Waals surface area (Å²) in [5, 5.41) is 6.88. The van der Waals surface area contributed by atoms with Crippen LogP contribution in [-0.2, 0) is 6.54 Å². The average molecular weight is 569 g/mol. The molecule has 0 saturated carbocycles. The van der Waals surface area contributed by atoms with E-state index in [4.69, 9.17) is 14.2 Å². The SMILES string of the molecule is CCOc1c(OC)cc(CNC(=NC)NC(C)c2cccc(N3CCCC3)c2)cc1OC.I. The number of halogens is 1. The molecular formula is C25H37IN4O3. The topological polar surface area (TPSA) is 67.4 Å². The minimum absolute atomic E-state index is 0. The number of anilines is 1. The zero-order chi connectivity index (χ0) is 22.9. The number of nitrogens with one attached hydrogen (secondary N) is 2. The molecule has 0 spiro atoms. The van der Waals surface area contributed by atoms with E-state index in [1.54, 1.807) is 21.3 Å². The van der Waals surface area contributed by atoms with Crippen molar-refractivity contribution in [1.82, 2.24) is 10.6 Å². The largest absolute Gasteiger partial charge is 0.493 e. The van der Waals surface area contributed by atoms with Gasteiger partial charge in [0.05, 0.1) is 26.9 Å². The van der Waals surface area contributed by atoms with Crippen LogP contribution in [0.5, 0.6) is 17.2 Å². The monoisotopic (exact) mass is 568 g/mol. The van der Waals surface area contributed by atoms with Gasteiger partial charge in [0, 0.05) is 32.4 Å². The summed E-state index contributed by atoms with van der Waals surface area (Å²) in [6.07, 6.45) is 2.55. The highest BCUT2D eigenvalue weighted by Gasteiger charge is 2.16. The number of rotatable bonds is 9. The van der Waals surface area contributed by atoms with Crippen LogP contribution in [0, 0.1) is 0 Å². The predicted octanol–water partition coefficient (Wildman–Crippen LogP) is 4.75. The van der Waals surface area contributed by atoms with Gasteiger partial charge < -0.3 is 29.7 Å². The van der Waals surface area contributed by atoms with E-state index in [1.165, 1.54) is 24.1 Å². The van der Waals surface area contributed by atoms with E-state index >= 15 is 0 Å². The molecule has 1 saturated heterocycles. The molecule has 1 heterocycles. The van der Waals surface area contributed by atoms with Crippen LogP contribution >= 0.6 is 24.0 Å². The molecule has 0 bridgehead atoms. The summed E-state index contributed by atoms with van der Waals surface area (Å²) in [7, 11) is 5.04. The van der Waals surface area contributed by atoms with Gasteiger partial charge in [0.15, 0.2) is 17.5 Å². The number of hydrogen-bond donors (Lipinski definition) is 2. The van der Waals surface area contributed by atoms with E-state index in [2.05, 4.69) is 51.7 Å². The van der Waals surface area contributed by atoms with Gasteiger partial charge in [-0.15, -0.1) is 24.0 Å². The van der Waals surface area contributed by atoms with Crippen LogP contribution in [0.3, 0.4) is 0 Å². The van der Waals surface area contributed by atoms with Crippen molar-refractivity contribution >= 4 is 35.6 Å². The van der Waals surface area contributed by atoms with E-state index in [0.29, 0.717) is 30.4 Å². The molecule has 2 N–H and O–H groups in total. The molecule has 3 rings (SSSR count). The smallest absolute Gasteiger partial charge is 0.203 e. The minimum atomic E-state index is 0. The standard InChI is InChI=1S/C25H36N4O3.HI/c1-6-32-24-22(30-4)14-19(15-23(24)31-5)17-27-25(26-3)28-18(2)20-10-9-11-21(16-20)29-12-7-8-13-29;/h9-11,14-16,18H,6-8,12-13,17H2,1-5H3,(H2,26,27,28);1H. The van der Waals surface area contributed by atoms with E-state index in [9.17, 15) is 0 Å². The van der Waals surface area contributed by atoms with Crippen molar-refractivity contribution < 1.29 is 14.2 Å². The second kappa shape index (κ2) is 13.4. The second-order valence-electron chi connectivity index (χ2n) is 7.84. The summed E-state index contributed by atoms with van der Waals surface area (Å²) in [5.74, 6) is 2.65. The average Bonchev–Trinajstić information content (AvgIpc) is 3.37. The molecule has 1 unspecified atom stereocenters. The van der Waals surface area contributed by atoms with Gasteiger partial charge in [-0.25, -0.2) is 0 Å². The zero-order valence-electron chi connectivity index (χ0n) is 20.3. The van der Waals surface area contributed by atoms with Crippen molar-refractivity contribution in [1.29, 1.82) is 0 Å². The fourth-order valence-electron chi connectivity index (χ4n) is 3.96. The summed E-state index contributed by atoms with van der Waals surface area (Å²) < 4.78 is 16.7. The van der Waals surface area contributed by atoms with Crippen molar-refractivity contribution in [2.45, 2.75) is 39.3 Å². The van der Waals surface area contributed by atoms with Gasteiger partial charge in [-0.2, -0.15) is 0 Å². The Morgan fingerprint density at radius 3 is 2.33 bits per heavy atom. The van der Waals surface area contributed by atoms with E-state index < -0.39 is 0 Å². The maximum Gasteiger partial charge on any atom is 0.203 e. The van der Waals surface area contributed by atoms with Crippen LogP contribution < -0.4 is 29.7 Å². The van der Waals surface area contributed by atoms with Gasteiger partial charge >= 0.3 is 0 Å². The number of hydrogen-bond acceptors (Lipinski definition) is 5. The van der Waals surface area contributed by atoms with Crippen LogP contribution in [0.2, 0.25) is 0 Å². The third-order valence-corrected chi connectivity index (χ3v) is 5.69. The number of methoxy groups -OCH3 is 2.